The number of aliphatic imine (C=N–C) groups is 1. The van der Waals surface area contributed by atoms with Crippen molar-refractivity contribution in [1.29, 1.82) is 0 Å². The van der Waals surface area contributed by atoms with Crippen LogP contribution in [0.15, 0.2) is 4.99 Å². The zero-order valence-corrected chi connectivity index (χ0v) is 10.9. The van der Waals surface area contributed by atoms with Crippen molar-refractivity contribution < 1.29 is 9.53 Å². The number of nitrogens with zero attached hydrogens (tertiary/aromatic N) is 1. The summed E-state index contributed by atoms with van der Waals surface area (Å²) in [5, 5.41) is 5.58. The topological polar surface area (TPSA) is 62.7 Å². The van der Waals surface area contributed by atoms with Crippen LogP contribution in [0.25, 0.3) is 0 Å². The average Bonchev–Trinajstić information content (AvgIpc) is 2.13. The van der Waals surface area contributed by atoms with Gasteiger partial charge in [-0.3, -0.25) is 10.3 Å². The van der Waals surface area contributed by atoms with Gasteiger partial charge in [-0.05, 0) is 27.2 Å². The van der Waals surface area contributed by atoms with Crippen molar-refractivity contribution >= 4 is 12.1 Å². The highest BCUT2D eigenvalue weighted by molar-refractivity contribution is 5.93. The molecule has 0 spiro atoms. The van der Waals surface area contributed by atoms with Gasteiger partial charge < -0.3 is 10.1 Å². The van der Waals surface area contributed by atoms with Gasteiger partial charge in [0.25, 0.3) is 0 Å². The largest absolute Gasteiger partial charge is 0.444 e. The molecule has 0 radical (unpaired) electrons. The molecule has 0 aromatic carbocycles. The number of unbranched alkanes of at least 4 members (excludes halogenated alkanes) is 1. The average molecular weight is 229 g/mol. The van der Waals surface area contributed by atoms with Gasteiger partial charge in [-0.2, -0.15) is 0 Å². The fraction of sp³-hybridized carbons (Fsp3) is 0.818. The van der Waals surface area contributed by atoms with Crippen LogP contribution in [0.1, 0.15) is 40.5 Å². The van der Waals surface area contributed by atoms with Gasteiger partial charge in [-0.15, -0.1) is 0 Å². The van der Waals surface area contributed by atoms with Crippen LogP contribution in [0.2, 0.25) is 0 Å². The summed E-state index contributed by atoms with van der Waals surface area (Å²) in [7, 11) is 1.62. The number of amides is 1. The Bertz CT molecular complexity index is 244. The van der Waals surface area contributed by atoms with Gasteiger partial charge >= 0.3 is 6.09 Å². The third-order valence-electron chi connectivity index (χ3n) is 1.67. The van der Waals surface area contributed by atoms with E-state index in [-0.39, 0.29) is 0 Å². The molecule has 0 aromatic heterocycles. The standard InChI is InChI=1S/C11H23N3O2/c1-6-7-8-13-9(12-5)14-10(15)16-11(2,3)4/h6-8H2,1-5H3,(H2,12,13,14,15). The van der Waals surface area contributed by atoms with Gasteiger partial charge in [0.1, 0.15) is 5.60 Å². The van der Waals surface area contributed by atoms with Crippen LogP contribution in [0, 0.1) is 0 Å². The SMILES string of the molecule is CCCCNC(=NC)NC(=O)OC(C)(C)C. The van der Waals surface area contributed by atoms with Crippen molar-refractivity contribution in [1.82, 2.24) is 10.6 Å². The summed E-state index contributed by atoms with van der Waals surface area (Å²) < 4.78 is 5.11. The molecule has 0 aliphatic heterocycles. The molecule has 0 saturated heterocycles. The molecule has 5 nitrogen and oxygen atoms in total. The molecular weight excluding hydrogens is 206 g/mol. The maximum Gasteiger partial charge on any atom is 0.414 e. The maximum atomic E-state index is 11.4. The zero-order valence-electron chi connectivity index (χ0n) is 10.9. The maximum absolute atomic E-state index is 11.4. The second-order valence-corrected chi connectivity index (χ2v) is 4.48. The van der Waals surface area contributed by atoms with Crippen LogP contribution in [0.3, 0.4) is 0 Å². The van der Waals surface area contributed by atoms with Crippen molar-refractivity contribution in [3.8, 4) is 0 Å². The molecule has 5 heteroatoms. The second-order valence-electron chi connectivity index (χ2n) is 4.48. The van der Waals surface area contributed by atoms with Crippen LogP contribution in [0.5, 0.6) is 0 Å². The molecule has 0 aliphatic rings. The first kappa shape index (κ1) is 14.7. The number of guanidine groups is 1. The summed E-state index contributed by atoms with van der Waals surface area (Å²) in [4.78, 5) is 15.3. The minimum Gasteiger partial charge on any atom is -0.444 e. The lowest BCUT2D eigenvalue weighted by Gasteiger charge is -2.20. The van der Waals surface area contributed by atoms with Gasteiger partial charge in [-0.1, -0.05) is 13.3 Å². The summed E-state index contributed by atoms with van der Waals surface area (Å²) >= 11 is 0. The lowest BCUT2D eigenvalue weighted by atomic mass is 10.2. The van der Waals surface area contributed by atoms with E-state index in [0.717, 1.165) is 19.4 Å². The van der Waals surface area contributed by atoms with Crippen molar-refractivity contribution in [3.05, 3.63) is 0 Å². The zero-order chi connectivity index (χ0) is 12.6. The van der Waals surface area contributed by atoms with Gasteiger partial charge in [0.05, 0.1) is 0 Å². The van der Waals surface area contributed by atoms with Crippen LogP contribution in [-0.4, -0.2) is 31.2 Å². The molecule has 0 unspecified atom stereocenters. The Balaban J connectivity index is 3.99. The summed E-state index contributed by atoms with van der Waals surface area (Å²) in [6.07, 6.45) is 1.64. The van der Waals surface area contributed by atoms with Gasteiger partial charge in [0, 0.05) is 13.6 Å². The Hall–Kier alpha value is -1.26. The molecule has 0 aliphatic carbocycles. The van der Waals surface area contributed by atoms with Crippen LogP contribution in [0.4, 0.5) is 4.79 Å². The fourth-order valence-electron chi connectivity index (χ4n) is 0.963. The van der Waals surface area contributed by atoms with Crippen LogP contribution in [-0.2, 0) is 4.74 Å². The van der Waals surface area contributed by atoms with E-state index in [4.69, 9.17) is 4.74 Å². The van der Waals surface area contributed by atoms with E-state index in [1.807, 2.05) is 20.8 Å². The Kier molecular flexibility index (Phi) is 6.53. The Morgan fingerprint density at radius 2 is 2.00 bits per heavy atom. The molecule has 0 bridgehead atoms. The fourth-order valence-corrected chi connectivity index (χ4v) is 0.963. The normalized spacial score (nSPS) is 12.2. The number of alkyl carbamates (subject to hydrolysis) is 1. The Morgan fingerprint density at radius 1 is 1.38 bits per heavy atom. The minimum absolute atomic E-state index is 0.447. The molecule has 0 aromatic rings. The van der Waals surface area contributed by atoms with Crippen LogP contribution >= 0.6 is 0 Å². The molecule has 0 fully saturated rings. The first-order valence-corrected chi connectivity index (χ1v) is 5.59. The smallest absolute Gasteiger partial charge is 0.414 e. The highest BCUT2D eigenvalue weighted by Gasteiger charge is 2.16. The van der Waals surface area contributed by atoms with E-state index in [1.54, 1.807) is 7.05 Å². The first-order valence-electron chi connectivity index (χ1n) is 5.59. The summed E-state index contributed by atoms with van der Waals surface area (Å²) in [6.45, 7) is 8.35. The van der Waals surface area contributed by atoms with Crippen molar-refractivity contribution in [3.63, 3.8) is 0 Å². The molecule has 0 atom stereocenters. The molecule has 0 rings (SSSR count). The van der Waals surface area contributed by atoms with E-state index in [9.17, 15) is 4.79 Å². The highest BCUT2D eigenvalue weighted by atomic mass is 16.6. The molecule has 2 N–H and O–H groups in total. The third-order valence-corrected chi connectivity index (χ3v) is 1.67. The Morgan fingerprint density at radius 3 is 2.44 bits per heavy atom. The molecule has 16 heavy (non-hydrogen) atoms. The van der Waals surface area contributed by atoms with E-state index in [1.165, 1.54) is 0 Å². The van der Waals surface area contributed by atoms with Crippen LogP contribution < -0.4 is 10.6 Å². The number of rotatable bonds is 3. The number of carbonyl (C=O) groups excluding carboxylic acids is 1. The minimum atomic E-state index is -0.494. The molecule has 0 heterocycles. The van der Waals surface area contributed by atoms with E-state index >= 15 is 0 Å². The van der Waals surface area contributed by atoms with Gasteiger partial charge in [-0.25, -0.2) is 4.79 Å². The summed E-state index contributed by atoms with van der Waals surface area (Å²) in [5.41, 5.74) is -0.494. The molecule has 1 amide bonds. The quantitative estimate of drug-likeness (QED) is 0.441. The van der Waals surface area contributed by atoms with Crippen molar-refractivity contribution in [2.75, 3.05) is 13.6 Å². The molecular formula is C11H23N3O2. The molecule has 94 valence electrons. The first-order chi connectivity index (χ1) is 7.39. The lowest BCUT2D eigenvalue weighted by Crippen LogP contribution is -2.43. The lowest BCUT2D eigenvalue weighted by molar-refractivity contribution is 0.0561. The third kappa shape index (κ3) is 8.08. The van der Waals surface area contributed by atoms with E-state index in [2.05, 4.69) is 22.5 Å². The second kappa shape index (κ2) is 7.09. The number of hydrogen-bond donors (Lipinski definition) is 2. The monoisotopic (exact) mass is 229 g/mol. The van der Waals surface area contributed by atoms with Crippen molar-refractivity contribution in [2.24, 2.45) is 4.99 Å². The summed E-state index contributed by atoms with van der Waals surface area (Å²) in [5.74, 6) is 0.447. The predicted molar refractivity (Wildman–Crippen MR) is 65.6 cm³/mol. The molecule has 0 saturated carbocycles. The summed E-state index contributed by atoms with van der Waals surface area (Å²) in [6, 6.07) is 0. The van der Waals surface area contributed by atoms with E-state index in [0.29, 0.717) is 5.96 Å². The number of ether oxygens (including phenoxy) is 1. The van der Waals surface area contributed by atoms with Crippen molar-refractivity contribution in [2.45, 2.75) is 46.1 Å². The van der Waals surface area contributed by atoms with Gasteiger partial charge in [0.15, 0.2) is 0 Å². The number of carbonyl (C=O) groups is 1. The number of nitrogens with one attached hydrogen (secondary N) is 2. The van der Waals surface area contributed by atoms with Gasteiger partial charge in [0.2, 0.25) is 5.96 Å². The predicted octanol–water partition coefficient (Wildman–Crippen LogP) is 1.89. The highest BCUT2D eigenvalue weighted by Crippen LogP contribution is 2.06. The Labute approximate surface area is 97.7 Å². The van der Waals surface area contributed by atoms with E-state index < -0.39 is 11.7 Å². The number of hydrogen-bond acceptors (Lipinski definition) is 3.